The minimum Gasteiger partial charge on any atom is -0.486 e. The average molecular weight is 345 g/mol. The molecule has 0 saturated heterocycles. The van der Waals surface area contributed by atoms with Crippen LogP contribution in [0.25, 0.3) is 0 Å². The molecular weight excluding hydrogens is 328 g/mol. The van der Waals surface area contributed by atoms with Gasteiger partial charge in [-0.05, 0) is 18.1 Å². The summed E-state index contributed by atoms with van der Waals surface area (Å²) in [6.45, 7) is 3.22. The third-order valence-electron chi connectivity index (χ3n) is 2.95. The monoisotopic (exact) mass is 344 g/mol. The predicted octanol–water partition coefficient (Wildman–Crippen LogP) is 2.24. The molecule has 1 atom stereocenters. The number of benzene rings is 1. The van der Waals surface area contributed by atoms with Crippen LogP contribution in [0.4, 0.5) is 5.69 Å². The van der Waals surface area contributed by atoms with E-state index in [1.54, 1.807) is 13.8 Å². The third kappa shape index (κ3) is 5.74. The molecule has 23 heavy (non-hydrogen) atoms. The smallest absolute Gasteiger partial charge is 0.326 e. The molecule has 2 N–H and O–H groups in total. The van der Waals surface area contributed by atoms with E-state index in [0.29, 0.717) is 0 Å². The van der Waals surface area contributed by atoms with Gasteiger partial charge in [0.25, 0.3) is 0 Å². The summed E-state index contributed by atoms with van der Waals surface area (Å²) in [5.41, 5.74) is -0.302. The Hall–Kier alpha value is -2.35. The van der Waals surface area contributed by atoms with Gasteiger partial charge in [-0.3, -0.25) is 14.9 Å². The van der Waals surface area contributed by atoms with Gasteiger partial charge in [0.2, 0.25) is 5.91 Å². The second-order valence-corrected chi connectivity index (χ2v) is 5.53. The van der Waals surface area contributed by atoms with Crippen LogP contribution in [-0.4, -0.2) is 34.6 Å². The highest BCUT2D eigenvalue weighted by molar-refractivity contribution is 6.30. The first-order chi connectivity index (χ1) is 10.7. The Morgan fingerprint density at radius 2 is 2.09 bits per heavy atom. The molecule has 0 radical (unpaired) electrons. The van der Waals surface area contributed by atoms with Gasteiger partial charge in [-0.15, -0.1) is 0 Å². The number of hydrogen-bond donors (Lipinski definition) is 2. The zero-order valence-corrected chi connectivity index (χ0v) is 13.4. The molecule has 0 saturated carbocycles. The van der Waals surface area contributed by atoms with Crippen molar-refractivity contribution in [1.82, 2.24) is 5.32 Å². The van der Waals surface area contributed by atoms with Crippen molar-refractivity contribution in [2.24, 2.45) is 5.92 Å². The Morgan fingerprint density at radius 3 is 2.61 bits per heavy atom. The Balaban J connectivity index is 2.59. The minimum absolute atomic E-state index is 0.00848. The van der Waals surface area contributed by atoms with Crippen LogP contribution in [0.1, 0.15) is 20.3 Å². The van der Waals surface area contributed by atoms with Gasteiger partial charge in [0.05, 0.1) is 18.0 Å². The van der Waals surface area contributed by atoms with Crippen molar-refractivity contribution in [3.63, 3.8) is 0 Å². The number of nitrogens with one attached hydrogen (secondary N) is 1. The lowest BCUT2D eigenvalue weighted by atomic mass is 10.0. The number of aliphatic carboxylic acids is 1. The Labute approximate surface area is 137 Å². The summed E-state index contributed by atoms with van der Waals surface area (Å²) in [7, 11) is 0. The van der Waals surface area contributed by atoms with Crippen molar-refractivity contribution in [3.8, 4) is 5.75 Å². The summed E-state index contributed by atoms with van der Waals surface area (Å²) < 4.78 is 5.22. The molecule has 8 nitrogen and oxygen atoms in total. The molecule has 0 heterocycles. The van der Waals surface area contributed by atoms with E-state index in [0.717, 1.165) is 6.07 Å². The predicted molar refractivity (Wildman–Crippen MR) is 82.6 cm³/mol. The Kier molecular flexibility index (Phi) is 6.77. The number of amides is 1. The van der Waals surface area contributed by atoms with E-state index in [-0.39, 0.29) is 35.4 Å². The molecule has 0 unspecified atom stereocenters. The normalized spacial score (nSPS) is 11.8. The number of nitrogens with zero attached hydrogens (tertiary/aromatic N) is 1. The van der Waals surface area contributed by atoms with E-state index in [1.165, 1.54) is 12.1 Å². The zero-order chi connectivity index (χ0) is 17.6. The Morgan fingerprint density at radius 1 is 1.43 bits per heavy atom. The van der Waals surface area contributed by atoms with Crippen molar-refractivity contribution in [2.45, 2.75) is 26.3 Å². The molecule has 0 aliphatic carbocycles. The maximum Gasteiger partial charge on any atom is 0.326 e. The molecule has 0 aromatic heterocycles. The van der Waals surface area contributed by atoms with Crippen LogP contribution in [-0.2, 0) is 9.59 Å². The van der Waals surface area contributed by atoms with Gasteiger partial charge < -0.3 is 15.2 Å². The number of carbonyl (C=O) groups is 2. The third-order valence-corrected chi connectivity index (χ3v) is 3.19. The standard InChI is InChI=1S/C14H17ClN2O6/c1-8(2)13(14(19)20)16-12(18)5-6-23-11-4-3-9(15)7-10(11)17(21)22/h3-4,7-8,13H,5-6H2,1-2H3,(H,16,18)(H,19,20)/t13-/m0/s1. The maximum absolute atomic E-state index is 11.7. The van der Waals surface area contributed by atoms with Gasteiger partial charge in [-0.1, -0.05) is 25.4 Å². The maximum atomic E-state index is 11.7. The number of carbonyl (C=O) groups excluding carboxylic acids is 1. The fraction of sp³-hybridized carbons (Fsp3) is 0.429. The first kappa shape index (κ1) is 18.7. The van der Waals surface area contributed by atoms with Crippen LogP contribution >= 0.6 is 11.6 Å². The van der Waals surface area contributed by atoms with Gasteiger partial charge in [-0.2, -0.15) is 0 Å². The van der Waals surface area contributed by atoms with Crippen LogP contribution in [0.2, 0.25) is 5.02 Å². The molecule has 0 aliphatic heterocycles. The Bertz CT molecular complexity index is 605. The minimum atomic E-state index is -1.12. The lowest BCUT2D eigenvalue weighted by Crippen LogP contribution is -2.44. The first-order valence-corrected chi connectivity index (χ1v) is 7.19. The number of rotatable bonds is 8. The van der Waals surface area contributed by atoms with Crippen molar-refractivity contribution < 1.29 is 24.4 Å². The van der Waals surface area contributed by atoms with Crippen molar-refractivity contribution in [3.05, 3.63) is 33.3 Å². The molecule has 0 fully saturated rings. The lowest BCUT2D eigenvalue weighted by Gasteiger charge is -2.17. The fourth-order valence-corrected chi connectivity index (χ4v) is 1.93. The van der Waals surface area contributed by atoms with Crippen LogP contribution in [0, 0.1) is 16.0 Å². The first-order valence-electron chi connectivity index (χ1n) is 6.81. The summed E-state index contributed by atoms with van der Waals surface area (Å²) in [5.74, 6) is -1.91. The van der Waals surface area contributed by atoms with Crippen molar-refractivity contribution >= 4 is 29.2 Å². The zero-order valence-electron chi connectivity index (χ0n) is 12.6. The summed E-state index contributed by atoms with van der Waals surface area (Å²) in [5, 5.41) is 22.4. The van der Waals surface area contributed by atoms with Crippen LogP contribution < -0.4 is 10.1 Å². The topological polar surface area (TPSA) is 119 Å². The molecular formula is C14H17ClN2O6. The average Bonchev–Trinajstić information content (AvgIpc) is 2.45. The number of halogens is 1. The summed E-state index contributed by atoms with van der Waals surface area (Å²) in [6, 6.07) is 2.93. The second-order valence-electron chi connectivity index (χ2n) is 5.10. The van der Waals surface area contributed by atoms with Gasteiger partial charge in [0, 0.05) is 11.1 Å². The van der Waals surface area contributed by atoms with E-state index in [2.05, 4.69) is 5.32 Å². The molecule has 1 rings (SSSR count). The highest BCUT2D eigenvalue weighted by Crippen LogP contribution is 2.29. The van der Waals surface area contributed by atoms with Crippen LogP contribution in [0.15, 0.2) is 18.2 Å². The van der Waals surface area contributed by atoms with E-state index in [9.17, 15) is 19.7 Å². The van der Waals surface area contributed by atoms with E-state index >= 15 is 0 Å². The lowest BCUT2D eigenvalue weighted by molar-refractivity contribution is -0.385. The number of ether oxygens (including phenoxy) is 1. The number of hydrogen-bond acceptors (Lipinski definition) is 5. The molecule has 0 bridgehead atoms. The molecule has 1 amide bonds. The number of carboxylic acid groups (broad SMARTS) is 1. The summed E-state index contributed by atoms with van der Waals surface area (Å²) in [6.07, 6.45) is -0.129. The van der Waals surface area contributed by atoms with Gasteiger partial charge in [0.15, 0.2) is 5.75 Å². The molecule has 126 valence electrons. The quantitative estimate of drug-likeness (QED) is 0.551. The second kappa shape index (κ2) is 8.33. The van der Waals surface area contributed by atoms with E-state index in [1.807, 2.05) is 0 Å². The van der Waals surface area contributed by atoms with Gasteiger partial charge >= 0.3 is 11.7 Å². The molecule has 0 spiro atoms. The summed E-state index contributed by atoms with van der Waals surface area (Å²) >= 11 is 5.68. The SMILES string of the molecule is CC(C)[C@H](NC(=O)CCOc1ccc(Cl)cc1[N+](=O)[O-])C(=O)O. The number of carboxylic acids is 1. The largest absolute Gasteiger partial charge is 0.486 e. The van der Waals surface area contributed by atoms with Crippen LogP contribution in [0.3, 0.4) is 0 Å². The van der Waals surface area contributed by atoms with Crippen molar-refractivity contribution in [2.75, 3.05) is 6.61 Å². The van der Waals surface area contributed by atoms with E-state index in [4.69, 9.17) is 21.4 Å². The molecule has 1 aromatic carbocycles. The number of nitro groups is 1. The summed E-state index contributed by atoms with van der Waals surface area (Å²) in [4.78, 5) is 33.0. The number of nitro benzene ring substituents is 1. The molecule has 9 heteroatoms. The van der Waals surface area contributed by atoms with Gasteiger partial charge in [0.1, 0.15) is 6.04 Å². The van der Waals surface area contributed by atoms with Crippen LogP contribution in [0.5, 0.6) is 5.75 Å². The fourth-order valence-electron chi connectivity index (χ4n) is 1.77. The van der Waals surface area contributed by atoms with Crippen molar-refractivity contribution in [1.29, 1.82) is 0 Å². The highest BCUT2D eigenvalue weighted by atomic mass is 35.5. The van der Waals surface area contributed by atoms with E-state index < -0.39 is 22.8 Å². The van der Waals surface area contributed by atoms with Gasteiger partial charge in [-0.25, -0.2) is 4.79 Å². The highest BCUT2D eigenvalue weighted by Gasteiger charge is 2.23. The molecule has 1 aromatic rings. The molecule has 0 aliphatic rings.